The third kappa shape index (κ3) is 3.41. The Labute approximate surface area is 145 Å². The third-order valence-electron chi connectivity index (χ3n) is 7.22. The first-order valence-electron chi connectivity index (χ1n) is 9.93. The van der Waals surface area contributed by atoms with Crippen molar-refractivity contribution in [2.45, 2.75) is 101 Å². The van der Waals surface area contributed by atoms with E-state index in [1.54, 1.807) is 0 Å². The molecule has 0 saturated heterocycles. The van der Waals surface area contributed by atoms with E-state index in [9.17, 15) is 9.59 Å². The van der Waals surface area contributed by atoms with Gasteiger partial charge in [-0.1, -0.05) is 38.5 Å². The van der Waals surface area contributed by atoms with Crippen molar-refractivity contribution in [2.75, 3.05) is 0 Å². The van der Waals surface area contributed by atoms with Crippen molar-refractivity contribution in [1.29, 1.82) is 0 Å². The van der Waals surface area contributed by atoms with Crippen molar-refractivity contribution in [3.05, 3.63) is 0 Å². The normalized spacial score (nSPS) is 32.2. The Morgan fingerprint density at radius 1 is 0.583 bits per heavy atom. The van der Waals surface area contributed by atoms with Crippen molar-refractivity contribution in [3.63, 3.8) is 0 Å². The topological polar surface area (TPSA) is 58.9 Å². The summed E-state index contributed by atoms with van der Waals surface area (Å²) in [7, 11) is 0. The summed E-state index contributed by atoms with van der Waals surface area (Å²) in [6, 6.07) is 0. The molecule has 0 heterocycles. The van der Waals surface area contributed by atoms with Crippen molar-refractivity contribution in [2.24, 2.45) is 21.8 Å². The molecule has 3 saturated carbocycles. The zero-order chi connectivity index (χ0) is 16.9. The van der Waals surface area contributed by atoms with Crippen LogP contribution in [0.4, 0.5) is 0 Å². The lowest BCUT2D eigenvalue weighted by Gasteiger charge is -2.47. The molecule has 3 aliphatic carbocycles. The van der Waals surface area contributed by atoms with Crippen LogP contribution in [0.2, 0.25) is 0 Å². The lowest BCUT2D eigenvalue weighted by atomic mass is 9.61. The molecule has 0 aromatic rings. The maximum atomic E-state index is 11.0. The average Bonchev–Trinajstić information content (AvgIpc) is 2.64. The van der Waals surface area contributed by atoms with Gasteiger partial charge in [-0.2, -0.15) is 9.98 Å². The Balaban J connectivity index is 1.70. The molecule has 0 amide bonds. The molecule has 4 nitrogen and oxygen atoms in total. The van der Waals surface area contributed by atoms with Gasteiger partial charge in [-0.05, 0) is 63.2 Å². The van der Waals surface area contributed by atoms with Crippen LogP contribution in [-0.4, -0.2) is 23.2 Å². The smallest absolute Gasteiger partial charge is 0.211 e. The van der Waals surface area contributed by atoms with Gasteiger partial charge in [-0.15, -0.1) is 0 Å². The van der Waals surface area contributed by atoms with Gasteiger partial charge in [0.1, 0.15) is 0 Å². The zero-order valence-electron chi connectivity index (χ0n) is 14.8. The first-order valence-corrected chi connectivity index (χ1v) is 9.93. The number of carbonyl (C=O) groups excluding carboxylic acids is 2. The zero-order valence-corrected chi connectivity index (χ0v) is 14.8. The summed E-state index contributed by atoms with van der Waals surface area (Å²) in [6.45, 7) is 0. The van der Waals surface area contributed by atoms with E-state index in [-0.39, 0.29) is 11.1 Å². The van der Waals surface area contributed by atoms with Crippen LogP contribution in [0.5, 0.6) is 0 Å². The van der Waals surface area contributed by atoms with Crippen LogP contribution in [0.3, 0.4) is 0 Å². The Hall–Kier alpha value is -1.24. The molecule has 132 valence electrons. The molecule has 0 atom stereocenters. The van der Waals surface area contributed by atoms with Crippen molar-refractivity contribution in [1.82, 2.24) is 0 Å². The minimum Gasteiger partial charge on any atom is -0.211 e. The van der Waals surface area contributed by atoms with Crippen molar-refractivity contribution in [3.8, 4) is 0 Å². The Morgan fingerprint density at radius 3 is 1.21 bits per heavy atom. The van der Waals surface area contributed by atoms with Crippen molar-refractivity contribution < 1.29 is 9.59 Å². The quantitative estimate of drug-likeness (QED) is 0.545. The summed E-state index contributed by atoms with van der Waals surface area (Å²) in [4.78, 5) is 30.7. The number of aliphatic imine (C=N–C) groups is 2. The summed E-state index contributed by atoms with van der Waals surface area (Å²) >= 11 is 0. The van der Waals surface area contributed by atoms with E-state index in [1.165, 1.54) is 38.5 Å². The number of nitrogens with zero attached hydrogens (tertiary/aromatic N) is 2. The SMILES string of the molecule is O=C=NC1(C2CCC(C3(N=C=O)CCCCC3)CC2)CCCCC1. The lowest BCUT2D eigenvalue weighted by molar-refractivity contribution is 0.0890. The van der Waals surface area contributed by atoms with E-state index in [2.05, 4.69) is 9.98 Å². The molecular weight excluding hydrogens is 300 g/mol. The highest BCUT2D eigenvalue weighted by molar-refractivity contribution is 5.36. The van der Waals surface area contributed by atoms with E-state index in [4.69, 9.17) is 0 Å². The van der Waals surface area contributed by atoms with Gasteiger partial charge < -0.3 is 0 Å². The predicted octanol–water partition coefficient (Wildman–Crippen LogP) is 4.87. The second-order valence-corrected chi connectivity index (χ2v) is 8.28. The maximum absolute atomic E-state index is 11.0. The fraction of sp³-hybridized carbons (Fsp3) is 0.900. The van der Waals surface area contributed by atoms with Gasteiger partial charge in [-0.25, -0.2) is 9.59 Å². The van der Waals surface area contributed by atoms with Gasteiger partial charge in [-0.3, -0.25) is 0 Å². The minimum atomic E-state index is -0.140. The van der Waals surface area contributed by atoms with E-state index < -0.39 is 0 Å². The van der Waals surface area contributed by atoms with E-state index in [0.717, 1.165) is 51.4 Å². The second-order valence-electron chi connectivity index (χ2n) is 8.28. The van der Waals surface area contributed by atoms with Crippen LogP contribution in [0, 0.1) is 11.8 Å². The molecule has 0 unspecified atom stereocenters. The molecule has 0 spiro atoms. The van der Waals surface area contributed by atoms with Crippen LogP contribution >= 0.6 is 0 Å². The van der Waals surface area contributed by atoms with Crippen LogP contribution in [-0.2, 0) is 9.59 Å². The van der Waals surface area contributed by atoms with Crippen LogP contribution in [0.1, 0.15) is 89.9 Å². The molecule has 0 radical (unpaired) electrons. The molecule has 0 bridgehead atoms. The standard InChI is InChI=1S/C20H30N2O2/c23-15-21-19(11-3-1-4-12-19)17-7-9-18(10-8-17)20(22-16-24)13-5-2-6-14-20/h17-18H,1-14H2. The lowest BCUT2D eigenvalue weighted by Crippen LogP contribution is -2.45. The van der Waals surface area contributed by atoms with Crippen LogP contribution in [0.25, 0.3) is 0 Å². The summed E-state index contributed by atoms with van der Waals surface area (Å²) in [5, 5.41) is 0. The first-order chi connectivity index (χ1) is 11.7. The average molecular weight is 330 g/mol. The highest BCUT2D eigenvalue weighted by Gasteiger charge is 2.46. The monoisotopic (exact) mass is 330 g/mol. The van der Waals surface area contributed by atoms with Gasteiger partial charge >= 0.3 is 0 Å². The molecule has 0 aromatic heterocycles. The fourth-order valence-corrected chi connectivity index (χ4v) is 5.90. The minimum absolute atomic E-state index is 0.140. The van der Waals surface area contributed by atoms with Gasteiger partial charge in [0.05, 0.1) is 11.1 Å². The molecule has 4 heteroatoms. The number of rotatable bonds is 4. The van der Waals surface area contributed by atoms with Gasteiger partial charge in [0.25, 0.3) is 0 Å². The Morgan fingerprint density at radius 2 is 0.917 bits per heavy atom. The molecule has 3 fully saturated rings. The van der Waals surface area contributed by atoms with Crippen molar-refractivity contribution >= 4 is 12.2 Å². The van der Waals surface area contributed by atoms with E-state index in [1.807, 2.05) is 12.2 Å². The molecule has 0 aromatic carbocycles. The number of hydrogen-bond acceptors (Lipinski definition) is 4. The van der Waals surface area contributed by atoms with Gasteiger partial charge in [0.15, 0.2) is 0 Å². The summed E-state index contributed by atoms with van der Waals surface area (Å²) in [5.41, 5.74) is -0.281. The van der Waals surface area contributed by atoms with E-state index >= 15 is 0 Å². The van der Waals surface area contributed by atoms with Crippen LogP contribution in [0.15, 0.2) is 9.98 Å². The molecule has 3 rings (SSSR count). The highest BCUT2D eigenvalue weighted by atomic mass is 16.1. The Bertz CT molecular complexity index is 464. The number of isocyanates is 2. The summed E-state index contributed by atoms with van der Waals surface area (Å²) in [6.07, 6.45) is 19.7. The molecule has 0 N–H and O–H groups in total. The van der Waals surface area contributed by atoms with Gasteiger partial charge in [0.2, 0.25) is 12.2 Å². The molecule has 24 heavy (non-hydrogen) atoms. The second kappa shape index (κ2) is 7.76. The Kier molecular flexibility index (Phi) is 5.69. The molecule has 3 aliphatic rings. The largest absolute Gasteiger partial charge is 0.235 e. The van der Waals surface area contributed by atoms with Gasteiger partial charge in [0, 0.05) is 0 Å². The third-order valence-corrected chi connectivity index (χ3v) is 7.22. The van der Waals surface area contributed by atoms with Crippen LogP contribution < -0.4 is 0 Å². The highest BCUT2D eigenvalue weighted by Crippen LogP contribution is 2.50. The number of hydrogen-bond donors (Lipinski definition) is 0. The molecular formula is C20H30N2O2. The maximum Gasteiger partial charge on any atom is 0.235 e. The first kappa shape index (κ1) is 17.6. The summed E-state index contributed by atoms with van der Waals surface area (Å²) in [5.74, 6) is 1.02. The predicted molar refractivity (Wildman–Crippen MR) is 93.3 cm³/mol. The molecule has 0 aliphatic heterocycles. The fourth-order valence-electron chi connectivity index (χ4n) is 5.90. The summed E-state index contributed by atoms with van der Waals surface area (Å²) < 4.78 is 0. The van der Waals surface area contributed by atoms with E-state index in [0.29, 0.717) is 11.8 Å².